The molecule has 8 rings (SSSR count). The number of rotatable bonds is 15. The number of likely N-dealkylation sites (tertiary alicyclic amines) is 1. The molecule has 0 radical (unpaired) electrons. The van der Waals surface area contributed by atoms with Crippen LogP contribution in [0.5, 0.6) is 11.5 Å². The van der Waals surface area contributed by atoms with E-state index in [1.165, 1.54) is 30.5 Å². The van der Waals surface area contributed by atoms with E-state index in [1.807, 2.05) is 0 Å². The summed E-state index contributed by atoms with van der Waals surface area (Å²) in [5.41, 5.74) is 2.73. The maximum atomic E-state index is 14.0. The number of fused-ring (bicyclic) bond motifs is 1. The third-order valence-electron chi connectivity index (χ3n) is 13.4. The molecule has 3 aromatic carbocycles. The summed E-state index contributed by atoms with van der Waals surface area (Å²) in [6, 6.07) is 15.3. The fraction of sp³-hybridized carbons (Fsp3) is 0.408. The summed E-state index contributed by atoms with van der Waals surface area (Å²) < 4.78 is 76.5. The number of piperazine rings is 1. The van der Waals surface area contributed by atoms with E-state index >= 15 is 0 Å². The summed E-state index contributed by atoms with van der Waals surface area (Å²) in [7, 11) is -2.95. The zero-order valence-corrected chi connectivity index (χ0v) is 40.6. The number of pyridine rings is 1. The zero-order chi connectivity index (χ0) is 50.0. The molecule has 4 N–H and O–H groups in total. The number of likely N-dealkylation sites (N-methyl/N-ethyl adjacent to an activating group) is 1. The summed E-state index contributed by atoms with van der Waals surface area (Å²) in [5, 5.41) is 19.0. The molecule has 2 fully saturated rings. The number of piperidine rings is 1. The van der Waals surface area contributed by atoms with Crippen molar-refractivity contribution in [1.82, 2.24) is 29.8 Å². The van der Waals surface area contributed by atoms with Gasteiger partial charge in [-0.3, -0.25) is 24.6 Å². The van der Waals surface area contributed by atoms with Gasteiger partial charge in [0.15, 0.2) is 0 Å². The van der Waals surface area contributed by atoms with Gasteiger partial charge in [-0.2, -0.15) is 13.2 Å². The van der Waals surface area contributed by atoms with Crippen LogP contribution in [-0.2, 0) is 21.0 Å². The Morgan fingerprint density at radius 1 is 1.00 bits per heavy atom. The largest absolute Gasteiger partial charge is 0.455 e. The van der Waals surface area contributed by atoms with Crippen LogP contribution in [-0.4, -0.2) is 111 Å². The first kappa shape index (κ1) is 50.2. The number of H-pyrrole nitrogens is 1. The van der Waals surface area contributed by atoms with E-state index in [1.54, 1.807) is 42.4 Å². The fourth-order valence-electron chi connectivity index (χ4n) is 9.36. The second kappa shape index (κ2) is 20.6. The summed E-state index contributed by atoms with van der Waals surface area (Å²) in [6.07, 6.45) is 2.47. The number of ether oxygens (including phenoxy) is 1. The van der Waals surface area contributed by atoms with Crippen LogP contribution >= 0.6 is 11.6 Å². The molecule has 2 aliphatic heterocycles. The van der Waals surface area contributed by atoms with Gasteiger partial charge in [-0.25, -0.2) is 18.1 Å². The number of alkyl halides is 3. The fourth-order valence-corrected chi connectivity index (χ4v) is 10.6. The number of halogens is 4. The zero-order valence-electron chi connectivity index (χ0n) is 39.0. The second-order valence-corrected chi connectivity index (χ2v) is 20.9. The van der Waals surface area contributed by atoms with Gasteiger partial charge in [0.25, 0.3) is 21.6 Å². The van der Waals surface area contributed by atoms with Gasteiger partial charge in [0.05, 0.1) is 33.7 Å². The lowest BCUT2D eigenvalue weighted by Gasteiger charge is -2.39. The molecule has 0 bridgehead atoms. The topological polar surface area (TPSA) is 195 Å². The number of nitrogens with one attached hydrogen (secondary N) is 4. The van der Waals surface area contributed by atoms with Crippen molar-refractivity contribution in [3.05, 3.63) is 117 Å². The van der Waals surface area contributed by atoms with E-state index in [2.05, 4.69) is 49.0 Å². The molecule has 21 heteroatoms. The van der Waals surface area contributed by atoms with E-state index in [9.17, 15) is 41.3 Å². The van der Waals surface area contributed by atoms with Crippen molar-refractivity contribution in [3.8, 4) is 11.5 Å². The molecule has 5 aromatic rings. The van der Waals surface area contributed by atoms with Gasteiger partial charge in [0, 0.05) is 86.8 Å². The Kier molecular flexibility index (Phi) is 14.8. The number of aromatic nitrogens is 2. The number of sulfonamides is 1. The first-order chi connectivity index (χ1) is 33.3. The third-order valence-corrected chi connectivity index (χ3v) is 15.0. The lowest BCUT2D eigenvalue weighted by atomic mass is 9.72. The minimum atomic E-state index is -4.65. The van der Waals surface area contributed by atoms with Crippen molar-refractivity contribution in [2.24, 2.45) is 11.3 Å². The van der Waals surface area contributed by atoms with Crippen molar-refractivity contribution in [1.29, 1.82) is 0 Å². The SMILES string of the molecule is CNCC(=O)N1CCC(CNc2ccc(S(=O)(=O)NC(=O)c3ccc(N4CCN(CC5=C(c6ccc(C(F)(F)F)cc6Cl)CC(C)(C)CC5)CC4)cc3Oc3cnc4[nH]ccc4c3)cc2[N+](=O)[O-])CC1. The maximum absolute atomic E-state index is 14.0. The van der Waals surface area contributed by atoms with Gasteiger partial charge in [-0.15, -0.1) is 0 Å². The number of allylic oxidation sites excluding steroid dienone is 1. The second-order valence-electron chi connectivity index (χ2n) is 18.9. The number of aromatic amines is 1. The van der Waals surface area contributed by atoms with Gasteiger partial charge >= 0.3 is 6.18 Å². The molecule has 2 saturated heterocycles. The molecule has 0 unspecified atom stereocenters. The maximum Gasteiger partial charge on any atom is 0.416 e. The Morgan fingerprint density at radius 2 is 1.76 bits per heavy atom. The number of nitro benzene ring substituents is 1. The summed E-state index contributed by atoms with van der Waals surface area (Å²) in [6.45, 7) is 9.11. The first-order valence-corrected chi connectivity index (χ1v) is 25.0. The van der Waals surface area contributed by atoms with Crippen LogP contribution in [0.25, 0.3) is 16.6 Å². The van der Waals surface area contributed by atoms with Crippen molar-refractivity contribution < 1.29 is 40.8 Å². The number of anilines is 2. The van der Waals surface area contributed by atoms with Crippen LogP contribution in [0, 0.1) is 21.4 Å². The van der Waals surface area contributed by atoms with Crippen molar-refractivity contribution in [3.63, 3.8) is 0 Å². The van der Waals surface area contributed by atoms with Crippen LogP contribution in [0.4, 0.5) is 30.2 Å². The number of hydrogen-bond donors (Lipinski definition) is 4. The molecule has 372 valence electrons. The number of nitro groups is 1. The Bertz CT molecular complexity index is 2930. The Balaban J connectivity index is 0.978. The summed E-state index contributed by atoms with van der Waals surface area (Å²) >= 11 is 6.54. The molecule has 1 aliphatic carbocycles. The molecule has 3 aliphatic rings. The van der Waals surface area contributed by atoms with Crippen molar-refractivity contribution in [2.75, 3.05) is 76.2 Å². The molecule has 4 heterocycles. The van der Waals surface area contributed by atoms with E-state index < -0.39 is 43.2 Å². The summed E-state index contributed by atoms with van der Waals surface area (Å²) in [4.78, 5) is 50.9. The van der Waals surface area contributed by atoms with E-state index in [4.69, 9.17) is 16.3 Å². The molecular formula is C49H55ClF3N9O7S. The molecule has 70 heavy (non-hydrogen) atoms. The van der Waals surface area contributed by atoms with Gasteiger partial charge < -0.3 is 30.2 Å². The Morgan fingerprint density at radius 3 is 2.46 bits per heavy atom. The molecule has 0 spiro atoms. The molecule has 0 saturated carbocycles. The van der Waals surface area contributed by atoms with Crippen LogP contribution in [0.1, 0.15) is 67.4 Å². The average molecular weight is 1010 g/mol. The first-order valence-electron chi connectivity index (χ1n) is 23.1. The number of benzene rings is 3. The number of hydrogen-bond acceptors (Lipinski definition) is 12. The number of nitrogens with zero attached hydrogens (tertiary/aromatic N) is 5. The number of carbonyl (C=O) groups excluding carboxylic acids is 2. The van der Waals surface area contributed by atoms with Gasteiger partial charge in [-0.1, -0.05) is 37.1 Å². The smallest absolute Gasteiger partial charge is 0.416 e. The Hall–Kier alpha value is -6.22. The normalized spacial score (nSPS) is 17.2. The van der Waals surface area contributed by atoms with Crippen LogP contribution < -0.4 is 25.0 Å². The average Bonchev–Trinajstić information content (AvgIpc) is 3.79. The minimum absolute atomic E-state index is 0.00700. The van der Waals surface area contributed by atoms with Gasteiger partial charge in [-0.05, 0) is 110 Å². The molecule has 0 atom stereocenters. The minimum Gasteiger partial charge on any atom is -0.455 e. The predicted molar refractivity (Wildman–Crippen MR) is 262 cm³/mol. The number of amides is 2. The van der Waals surface area contributed by atoms with E-state index in [-0.39, 0.29) is 51.6 Å². The highest BCUT2D eigenvalue weighted by atomic mass is 35.5. The highest BCUT2D eigenvalue weighted by Gasteiger charge is 2.34. The molecular weight excluding hydrogens is 951 g/mol. The van der Waals surface area contributed by atoms with Gasteiger partial charge in [0.1, 0.15) is 22.8 Å². The molecule has 2 aromatic heterocycles. The van der Waals surface area contributed by atoms with Crippen LogP contribution in [0.2, 0.25) is 5.02 Å². The van der Waals surface area contributed by atoms with Crippen molar-refractivity contribution in [2.45, 2.75) is 57.0 Å². The summed E-state index contributed by atoms with van der Waals surface area (Å²) in [5.74, 6) is -0.566. The quantitative estimate of drug-likeness (QED) is 0.0577. The highest BCUT2D eigenvalue weighted by Crippen LogP contribution is 2.46. The van der Waals surface area contributed by atoms with E-state index in [0.717, 1.165) is 47.6 Å². The van der Waals surface area contributed by atoms with Crippen LogP contribution in [0.15, 0.2) is 89.6 Å². The lowest BCUT2D eigenvalue weighted by Crippen LogP contribution is -2.47. The monoisotopic (exact) mass is 1010 g/mol. The van der Waals surface area contributed by atoms with Gasteiger partial charge in [0.2, 0.25) is 5.91 Å². The lowest BCUT2D eigenvalue weighted by molar-refractivity contribution is -0.384. The van der Waals surface area contributed by atoms with Crippen molar-refractivity contribution >= 4 is 67.1 Å². The van der Waals surface area contributed by atoms with Crippen LogP contribution in [0.3, 0.4) is 0 Å². The highest BCUT2D eigenvalue weighted by molar-refractivity contribution is 7.90. The predicted octanol–water partition coefficient (Wildman–Crippen LogP) is 8.71. The molecule has 16 nitrogen and oxygen atoms in total. The Labute approximate surface area is 408 Å². The standard InChI is InChI=1S/C49H55ClF3N9O7S/c1-48(2)14-10-33(40(26-48)38-7-4-34(23-41(38)50)49(51,52)53)30-59-18-20-60(21-19-59)35-5-8-39(44(24-35)69-36-22-32-11-15-55-46(32)57-28-36)47(64)58-70(67,68)37-6-9-42(43(25-37)62(65)66)56-27-31-12-16-61(17-13-31)45(63)29-54-3/h4-9,11,15,22-25,28,31,54,56H,10,12-14,16-21,26-27,29-30H2,1-3H3,(H,55,57)(H,58,64). The third kappa shape index (κ3) is 11.7. The molecule has 2 amide bonds. The van der Waals surface area contributed by atoms with E-state index in [0.29, 0.717) is 88.5 Å². The number of carbonyl (C=O) groups is 2.